The van der Waals surface area contributed by atoms with Gasteiger partial charge in [-0.15, -0.1) is 0 Å². The molecule has 0 radical (unpaired) electrons. The summed E-state index contributed by atoms with van der Waals surface area (Å²) in [6.45, 7) is 4.72. The van der Waals surface area contributed by atoms with Gasteiger partial charge in [-0.05, 0) is 32.8 Å². The first-order chi connectivity index (χ1) is 17.1. The van der Waals surface area contributed by atoms with E-state index in [0.717, 1.165) is 37.2 Å². The Bertz CT molecular complexity index is 1320. The van der Waals surface area contributed by atoms with Crippen LogP contribution in [0.2, 0.25) is 0 Å². The average molecular weight is 495 g/mol. The number of benzene rings is 1. The smallest absolute Gasteiger partial charge is 0.168 e. The lowest BCUT2D eigenvalue weighted by molar-refractivity contribution is 0.143. The number of pyridine rings is 1. The molecule has 36 heavy (non-hydrogen) atoms. The molecular formula is C26H28F2N6O2. The molecule has 0 aliphatic carbocycles. The highest BCUT2D eigenvalue weighted by Gasteiger charge is 2.21. The van der Waals surface area contributed by atoms with Crippen LogP contribution in [-0.2, 0) is 0 Å². The number of nitrogens with zero attached hydrogens (tertiary/aromatic N) is 4. The largest absolute Gasteiger partial charge is 0.496 e. The summed E-state index contributed by atoms with van der Waals surface area (Å²) in [5, 5.41) is 13.2. The van der Waals surface area contributed by atoms with Crippen LogP contribution >= 0.6 is 0 Å². The molecule has 0 bridgehead atoms. The summed E-state index contributed by atoms with van der Waals surface area (Å²) in [7, 11) is 1.32. The van der Waals surface area contributed by atoms with E-state index in [1.54, 1.807) is 26.1 Å². The van der Waals surface area contributed by atoms with Crippen molar-refractivity contribution in [2.24, 2.45) is 5.73 Å². The first-order valence-corrected chi connectivity index (χ1v) is 11.5. The van der Waals surface area contributed by atoms with Gasteiger partial charge in [-0.25, -0.2) is 23.7 Å². The fourth-order valence-corrected chi connectivity index (χ4v) is 3.93. The molecule has 0 unspecified atom stereocenters. The van der Waals surface area contributed by atoms with Crippen molar-refractivity contribution in [1.82, 2.24) is 15.0 Å². The number of aromatic nitrogens is 3. The molecule has 8 nitrogen and oxygen atoms in total. The Balaban J connectivity index is 1.68. The van der Waals surface area contributed by atoms with Gasteiger partial charge in [0.1, 0.15) is 34.6 Å². The van der Waals surface area contributed by atoms with E-state index in [2.05, 4.69) is 37.0 Å². The van der Waals surface area contributed by atoms with Gasteiger partial charge in [0.15, 0.2) is 5.82 Å². The van der Waals surface area contributed by atoms with Gasteiger partial charge in [-0.1, -0.05) is 11.8 Å². The predicted octanol–water partition coefficient (Wildman–Crippen LogP) is 3.62. The summed E-state index contributed by atoms with van der Waals surface area (Å²) in [5.41, 5.74) is 6.50. The van der Waals surface area contributed by atoms with Crippen LogP contribution in [0, 0.1) is 23.5 Å². The SMILES string of the molecule is COc1cc(F)cc(F)c1-c1nccc(Nc2cc(N3CCC[C@H](N)C3)c(C#CC(C)(C)O)cn2)n1. The topological polar surface area (TPSA) is 109 Å². The lowest BCUT2D eigenvalue weighted by atomic mass is 10.0. The Morgan fingerprint density at radius 2 is 2.03 bits per heavy atom. The third-order valence-electron chi connectivity index (χ3n) is 5.56. The van der Waals surface area contributed by atoms with E-state index in [9.17, 15) is 13.9 Å². The number of methoxy groups -OCH3 is 1. The number of hydrogen-bond acceptors (Lipinski definition) is 8. The molecule has 1 aliphatic rings. The van der Waals surface area contributed by atoms with Crippen LogP contribution in [0.15, 0.2) is 36.7 Å². The molecule has 1 atom stereocenters. The standard InChI is InChI=1S/C26H28F2N6O2/c1-26(2,35)8-6-16-14-31-23(13-20(16)34-10-4-5-18(29)15-34)32-22-7-9-30-25(33-22)24-19(28)11-17(27)12-21(24)36-3/h7,9,11-14,18,35H,4-5,10,15,29H2,1-3H3,(H,30,31,32,33)/t18-/m0/s1. The van der Waals surface area contributed by atoms with E-state index in [1.807, 2.05) is 6.07 Å². The molecule has 1 fully saturated rings. The Morgan fingerprint density at radius 1 is 1.22 bits per heavy atom. The molecule has 1 saturated heterocycles. The summed E-state index contributed by atoms with van der Waals surface area (Å²) in [4.78, 5) is 15.1. The third kappa shape index (κ3) is 6.05. The summed E-state index contributed by atoms with van der Waals surface area (Å²) < 4.78 is 33.3. The van der Waals surface area contributed by atoms with Gasteiger partial charge in [-0.2, -0.15) is 0 Å². The number of aliphatic hydroxyl groups is 1. The van der Waals surface area contributed by atoms with Gasteiger partial charge >= 0.3 is 0 Å². The van der Waals surface area contributed by atoms with Crippen LogP contribution in [-0.4, -0.2) is 51.9 Å². The lowest BCUT2D eigenvalue weighted by Gasteiger charge is -2.33. The molecule has 10 heteroatoms. The fourth-order valence-electron chi connectivity index (χ4n) is 3.93. The summed E-state index contributed by atoms with van der Waals surface area (Å²) in [6, 6.07) is 5.33. The quantitative estimate of drug-likeness (QED) is 0.462. The Hall–Kier alpha value is -3.81. The Morgan fingerprint density at radius 3 is 2.75 bits per heavy atom. The minimum absolute atomic E-state index is 0.0127. The highest BCUT2D eigenvalue weighted by Crippen LogP contribution is 2.32. The maximum Gasteiger partial charge on any atom is 0.168 e. The van der Waals surface area contributed by atoms with Crippen LogP contribution < -0.4 is 20.7 Å². The summed E-state index contributed by atoms with van der Waals surface area (Å²) in [5.74, 6) is 5.13. The molecule has 3 heterocycles. The minimum Gasteiger partial charge on any atom is -0.496 e. The van der Waals surface area contributed by atoms with Crippen molar-refractivity contribution in [3.8, 4) is 29.0 Å². The molecular weight excluding hydrogens is 466 g/mol. The maximum atomic E-state index is 14.6. The van der Waals surface area contributed by atoms with Crippen LogP contribution in [0.5, 0.6) is 5.75 Å². The average Bonchev–Trinajstić information content (AvgIpc) is 2.82. The van der Waals surface area contributed by atoms with E-state index >= 15 is 0 Å². The van der Waals surface area contributed by atoms with E-state index in [1.165, 1.54) is 13.3 Å². The zero-order valence-corrected chi connectivity index (χ0v) is 20.3. The van der Waals surface area contributed by atoms with E-state index in [4.69, 9.17) is 10.5 Å². The van der Waals surface area contributed by atoms with Crippen LogP contribution in [0.4, 0.5) is 26.1 Å². The van der Waals surface area contributed by atoms with Crippen LogP contribution in [0.25, 0.3) is 11.4 Å². The first-order valence-electron chi connectivity index (χ1n) is 11.5. The molecule has 0 amide bonds. The molecule has 188 valence electrons. The van der Waals surface area contributed by atoms with Gasteiger partial charge in [0.05, 0.1) is 23.9 Å². The van der Waals surface area contributed by atoms with Crippen molar-refractivity contribution in [3.05, 3.63) is 53.9 Å². The number of piperidine rings is 1. The highest BCUT2D eigenvalue weighted by atomic mass is 19.1. The molecule has 3 aromatic rings. The number of nitrogens with two attached hydrogens (primary N) is 1. The molecule has 0 spiro atoms. The third-order valence-corrected chi connectivity index (χ3v) is 5.56. The molecule has 0 saturated carbocycles. The molecule has 1 aromatic carbocycles. The zero-order valence-electron chi connectivity index (χ0n) is 20.3. The molecule has 4 rings (SSSR count). The molecule has 2 aromatic heterocycles. The number of nitrogens with one attached hydrogen (secondary N) is 1. The number of halogens is 2. The van der Waals surface area contributed by atoms with Gasteiger partial charge in [0.25, 0.3) is 0 Å². The van der Waals surface area contributed by atoms with E-state index in [0.29, 0.717) is 23.7 Å². The van der Waals surface area contributed by atoms with Crippen molar-refractivity contribution in [3.63, 3.8) is 0 Å². The van der Waals surface area contributed by atoms with Crippen molar-refractivity contribution >= 4 is 17.3 Å². The van der Waals surface area contributed by atoms with Crippen molar-refractivity contribution in [2.75, 3.05) is 30.4 Å². The van der Waals surface area contributed by atoms with Gasteiger partial charge in [-0.3, -0.25) is 0 Å². The second-order valence-electron chi connectivity index (χ2n) is 9.10. The van der Waals surface area contributed by atoms with Crippen molar-refractivity contribution in [2.45, 2.75) is 38.3 Å². The number of hydrogen-bond donors (Lipinski definition) is 3. The van der Waals surface area contributed by atoms with Crippen molar-refractivity contribution in [1.29, 1.82) is 0 Å². The van der Waals surface area contributed by atoms with Gasteiger partial charge < -0.3 is 25.8 Å². The second-order valence-corrected chi connectivity index (χ2v) is 9.10. The van der Waals surface area contributed by atoms with Gasteiger partial charge in [0, 0.05) is 49.7 Å². The summed E-state index contributed by atoms with van der Waals surface area (Å²) in [6.07, 6.45) is 4.98. The number of anilines is 3. The second kappa shape index (κ2) is 10.4. The lowest BCUT2D eigenvalue weighted by Crippen LogP contribution is -2.43. The van der Waals surface area contributed by atoms with Crippen LogP contribution in [0.3, 0.4) is 0 Å². The Kier molecular flexibility index (Phi) is 7.33. The van der Waals surface area contributed by atoms with E-state index < -0.39 is 17.2 Å². The normalized spacial score (nSPS) is 15.8. The highest BCUT2D eigenvalue weighted by molar-refractivity contribution is 5.69. The monoisotopic (exact) mass is 494 g/mol. The summed E-state index contributed by atoms with van der Waals surface area (Å²) >= 11 is 0. The number of rotatable bonds is 5. The minimum atomic E-state index is -1.15. The molecule has 4 N–H and O–H groups in total. The fraction of sp³-hybridized carbons (Fsp3) is 0.346. The predicted molar refractivity (Wildman–Crippen MR) is 134 cm³/mol. The Labute approximate surface area is 208 Å². The maximum absolute atomic E-state index is 14.6. The first kappa shape index (κ1) is 25.3. The zero-order chi connectivity index (χ0) is 25.9. The van der Waals surface area contributed by atoms with Gasteiger partial charge in [0.2, 0.25) is 0 Å². The van der Waals surface area contributed by atoms with E-state index in [-0.39, 0.29) is 23.2 Å². The molecule has 1 aliphatic heterocycles. The van der Waals surface area contributed by atoms with Crippen molar-refractivity contribution < 1.29 is 18.6 Å². The number of ether oxygens (including phenoxy) is 1. The van der Waals surface area contributed by atoms with Crippen LogP contribution in [0.1, 0.15) is 32.3 Å².